The third-order valence-electron chi connectivity index (χ3n) is 5.79. The van der Waals surface area contributed by atoms with Gasteiger partial charge in [0.25, 0.3) is 0 Å². The Morgan fingerprint density at radius 3 is 1.90 bits per heavy atom. The molecule has 1 aliphatic rings. The minimum atomic E-state index is 0.195. The second-order valence-electron chi connectivity index (χ2n) is 9.97. The molecule has 1 fully saturated rings. The fourth-order valence-electron chi connectivity index (χ4n) is 3.40. The molecule has 1 aromatic carbocycles. The molecule has 0 N–H and O–H groups in total. The Morgan fingerprint density at radius 1 is 0.905 bits per heavy atom. The van der Waals surface area contributed by atoms with Gasteiger partial charge in [0.15, 0.2) is 0 Å². The summed E-state index contributed by atoms with van der Waals surface area (Å²) in [4.78, 5) is 0. The highest BCUT2D eigenvalue weighted by Crippen LogP contribution is 2.55. The largest absolute Gasteiger partial charge is 0.0617 e. The van der Waals surface area contributed by atoms with Gasteiger partial charge in [0.2, 0.25) is 0 Å². The highest BCUT2D eigenvalue weighted by molar-refractivity contribution is 5.38. The van der Waals surface area contributed by atoms with Gasteiger partial charge in [0.1, 0.15) is 0 Å². The van der Waals surface area contributed by atoms with E-state index >= 15 is 0 Å². The summed E-state index contributed by atoms with van der Waals surface area (Å²) >= 11 is 0. The summed E-state index contributed by atoms with van der Waals surface area (Å²) in [7, 11) is 0. The standard InChI is InChI=1S/C21H34/c1-18(2,3)15-21(12-13-21)17-11-9-10-16(14-17)20(7,8)19(4,5)6/h9-11,14H,12-13,15H2,1-8H3. The van der Waals surface area contributed by atoms with Crippen molar-refractivity contribution in [1.29, 1.82) is 0 Å². The third-order valence-corrected chi connectivity index (χ3v) is 5.79. The molecule has 0 heterocycles. The van der Waals surface area contributed by atoms with Crippen LogP contribution in [0.1, 0.15) is 85.8 Å². The molecule has 0 atom stereocenters. The minimum absolute atomic E-state index is 0.195. The number of hydrogen-bond donors (Lipinski definition) is 0. The van der Waals surface area contributed by atoms with E-state index in [1.807, 2.05) is 0 Å². The van der Waals surface area contributed by atoms with Crippen molar-refractivity contribution in [2.45, 2.75) is 85.5 Å². The van der Waals surface area contributed by atoms with Gasteiger partial charge >= 0.3 is 0 Å². The zero-order chi connectivity index (χ0) is 16.1. The molecule has 0 aromatic heterocycles. The van der Waals surface area contributed by atoms with Crippen LogP contribution in [0.2, 0.25) is 0 Å². The van der Waals surface area contributed by atoms with Crippen LogP contribution in [0.15, 0.2) is 24.3 Å². The van der Waals surface area contributed by atoms with Gasteiger partial charge in [-0.15, -0.1) is 0 Å². The van der Waals surface area contributed by atoms with Gasteiger partial charge in [0.05, 0.1) is 0 Å². The molecular weight excluding hydrogens is 252 g/mol. The smallest absolute Gasteiger partial charge is 0.00413 e. The molecular formula is C21H34. The molecule has 0 amide bonds. The normalized spacial score (nSPS) is 18.7. The molecule has 0 aliphatic heterocycles. The van der Waals surface area contributed by atoms with E-state index in [2.05, 4.69) is 79.7 Å². The first-order valence-electron chi connectivity index (χ1n) is 8.49. The Hall–Kier alpha value is -0.780. The molecule has 0 unspecified atom stereocenters. The summed E-state index contributed by atoms with van der Waals surface area (Å²) < 4.78 is 0. The van der Waals surface area contributed by atoms with Gasteiger partial charge in [0, 0.05) is 0 Å². The molecule has 0 spiro atoms. The first kappa shape index (κ1) is 16.6. The average Bonchev–Trinajstić information content (AvgIpc) is 3.06. The lowest BCUT2D eigenvalue weighted by Gasteiger charge is -2.40. The Balaban J connectivity index is 2.36. The van der Waals surface area contributed by atoms with E-state index in [0.29, 0.717) is 10.8 Å². The fourth-order valence-corrected chi connectivity index (χ4v) is 3.40. The lowest BCUT2D eigenvalue weighted by Crippen LogP contribution is -2.34. The molecule has 21 heavy (non-hydrogen) atoms. The third kappa shape index (κ3) is 3.35. The molecule has 0 nitrogen and oxygen atoms in total. The van der Waals surface area contributed by atoms with Gasteiger partial charge in [-0.25, -0.2) is 0 Å². The molecule has 1 aliphatic carbocycles. The van der Waals surface area contributed by atoms with Crippen LogP contribution in [0.4, 0.5) is 0 Å². The van der Waals surface area contributed by atoms with Crippen LogP contribution in [-0.4, -0.2) is 0 Å². The van der Waals surface area contributed by atoms with Crippen LogP contribution in [-0.2, 0) is 10.8 Å². The van der Waals surface area contributed by atoms with E-state index in [-0.39, 0.29) is 10.8 Å². The first-order chi connectivity index (χ1) is 9.37. The summed E-state index contributed by atoms with van der Waals surface area (Å²) in [6.07, 6.45) is 4.03. The molecule has 1 aromatic rings. The Kier molecular flexibility index (Phi) is 3.84. The van der Waals surface area contributed by atoms with Crippen LogP contribution in [0.5, 0.6) is 0 Å². The van der Waals surface area contributed by atoms with Crippen LogP contribution in [0, 0.1) is 10.8 Å². The Morgan fingerprint density at radius 2 is 1.48 bits per heavy atom. The monoisotopic (exact) mass is 286 g/mol. The average molecular weight is 287 g/mol. The van der Waals surface area contributed by atoms with Gasteiger partial charge < -0.3 is 0 Å². The van der Waals surface area contributed by atoms with Crippen molar-refractivity contribution in [1.82, 2.24) is 0 Å². The summed E-state index contributed by atoms with van der Waals surface area (Å²) in [5.74, 6) is 0. The molecule has 0 saturated heterocycles. The number of rotatable bonds is 3. The number of benzene rings is 1. The SMILES string of the molecule is CC(C)(C)CC1(c2cccc(C(C)(C)C(C)(C)C)c2)CC1. The number of hydrogen-bond acceptors (Lipinski definition) is 0. The zero-order valence-electron chi connectivity index (χ0n) is 15.4. The summed E-state index contributed by atoms with van der Waals surface area (Å²) in [6, 6.07) is 9.47. The fraction of sp³-hybridized carbons (Fsp3) is 0.714. The van der Waals surface area contributed by atoms with Crippen LogP contribution < -0.4 is 0 Å². The molecule has 118 valence electrons. The molecule has 0 radical (unpaired) electrons. The molecule has 2 rings (SSSR count). The first-order valence-corrected chi connectivity index (χ1v) is 8.49. The second-order valence-corrected chi connectivity index (χ2v) is 9.97. The predicted molar refractivity (Wildman–Crippen MR) is 93.9 cm³/mol. The van der Waals surface area contributed by atoms with E-state index in [4.69, 9.17) is 0 Å². The minimum Gasteiger partial charge on any atom is -0.0617 e. The van der Waals surface area contributed by atoms with Crippen LogP contribution >= 0.6 is 0 Å². The highest BCUT2D eigenvalue weighted by Gasteiger charge is 2.47. The van der Waals surface area contributed by atoms with Gasteiger partial charge in [-0.1, -0.05) is 79.7 Å². The predicted octanol–water partition coefficient (Wildman–Crippen LogP) is 6.48. The lowest BCUT2D eigenvalue weighted by molar-refractivity contribution is 0.225. The van der Waals surface area contributed by atoms with Gasteiger partial charge in [-0.3, -0.25) is 0 Å². The topological polar surface area (TPSA) is 0 Å². The van der Waals surface area contributed by atoms with Crippen molar-refractivity contribution in [3.8, 4) is 0 Å². The Bertz CT molecular complexity index is 502. The van der Waals surface area contributed by atoms with Gasteiger partial charge in [-0.2, -0.15) is 0 Å². The summed E-state index contributed by atoms with van der Waals surface area (Å²) in [5.41, 5.74) is 4.40. The quantitative estimate of drug-likeness (QED) is 0.596. The van der Waals surface area contributed by atoms with E-state index in [1.54, 1.807) is 5.56 Å². The molecule has 1 saturated carbocycles. The van der Waals surface area contributed by atoms with Crippen LogP contribution in [0.25, 0.3) is 0 Å². The van der Waals surface area contributed by atoms with Crippen molar-refractivity contribution < 1.29 is 0 Å². The Labute approximate surface area is 132 Å². The lowest BCUT2D eigenvalue weighted by atomic mass is 9.65. The van der Waals surface area contributed by atoms with Crippen molar-refractivity contribution in [3.63, 3.8) is 0 Å². The summed E-state index contributed by atoms with van der Waals surface area (Å²) in [5, 5.41) is 0. The maximum absolute atomic E-state index is 2.50. The summed E-state index contributed by atoms with van der Waals surface area (Å²) in [6.45, 7) is 18.9. The van der Waals surface area contributed by atoms with Crippen molar-refractivity contribution in [3.05, 3.63) is 35.4 Å². The molecule has 0 heteroatoms. The van der Waals surface area contributed by atoms with E-state index in [1.165, 1.54) is 24.8 Å². The van der Waals surface area contributed by atoms with E-state index in [0.717, 1.165) is 0 Å². The van der Waals surface area contributed by atoms with E-state index < -0.39 is 0 Å². The van der Waals surface area contributed by atoms with Crippen molar-refractivity contribution in [2.75, 3.05) is 0 Å². The highest BCUT2D eigenvalue weighted by atomic mass is 14.5. The van der Waals surface area contributed by atoms with Crippen LogP contribution in [0.3, 0.4) is 0 Å². The second kappa shape index (κ2) is 4.86. The van der Waals surface area contributed by atoms with Crippen molar-refractivity contribution in [2.24, 2.45) is 10.8 Å². The maximum Gasteiger partial charge on any atom is -0.00413 e. The zero-order valence-corrected chi connectivity index (χ0v) is 15.4. The van der Waals surface area contributed by atoms with Crippen molar-refractivity contribution >= 4 is 0 Å². The van der Waals surface area contributed by atoms with E-state index in [9.17, 15) is 0 Å². The maximum atomic E-state index is 2.50. The molecule has 0 bridgehead atoms. The van der Waals surface area contributed by atoms with Gasteiger partial charge in [-0.05, 0) is 52.0 Å².